The van der Waals surface area contributed by atoms with E-state index in [0.29, 0.717) is 29.1 Å². The summed E-state index contributed by atoms with van der Waals surface area (Å²) in [5.74, 6) is 2.67. The number of nitrogens with one attached hydrogen (secondary N) is 2. The number of methoxy groups -OCH3 is 2. The molecule has 38 heavy (non-hydrogen) atoms. The van der Waals surface area contributed by atoms with E-state index in [4.69, 9.17) is 19.2 Å². The number of hydrogen-bond acceptors (Lipinski definition) is 8. The second kappa shape index (κ2) is 10.5. The molecule has 0 bridgehead atoms. The van der Waals surface area contributed by atoms with Crippen molar-refractivity contribution in [2.45, 2.75) is 0 Å². The summed E-state index contributed by atoms with van der Waals surface area (Å²) in [4.78, 5) is 25.0. The number of fused-ring (bicyclic) bond motifs is 1. The number of carbonyl (C=O) groups is 1. The number of benzene rings is 2. The highest BCUT2D eigenvalue weighted by atomic mass is 16.5. The molecule has 10 nitrogen and oxygen atoms in total. The lowest BCUT2D eigenvalue weighted by atomic mass is 10.1. The van der Waals surface area contributed by atoms with E-state index in [-0.39, 0.29) is 11.6 Å². The Kier molecular flexibility index (Phi) is 6.77. The summed E-state index contributed by atoms with van der Waals surface area (Å²) < 4.78 is 18.7. The molecule has 192 valence electrons. The first-order chi connectivity index (χ1) is 18.5. The van der Waals surface area contributed by atoms with E-state index in [2.05, 4.69) is 20.6 Å². The molecule has 3 heterocycles. The van der Waals surface area contributed by atoms with Crippen molar-refractivity contribution in [1.29, 1.82) is 0 Å². The lowest BCUT2D eigenvalue weighted by Crippen LogP contribution is -2.18. The first-order valence-corrected chi connectivity index (χ1v) is 11.8. The van der Waals surface area contributed by atoms with Crippen molar-refractivity contribution in [3.63, 3.8) is 0 Å². The van der Waals surface area contributed by atoms with Crippen LogP contribution in [0.5, 0.6) is 23.1 Å². The SMILES string of the molecule is CNC(=O)c1cc(Oc2ccc3c(c2)nc(Nc2cc(-c4ccc(OC)nc4)ccc2OC)n3C)ccn1. The Hall–Kier alpha value is -5.12. The van der Waals surface area contributed by atoms with Gasteiger partial charge in [0.15, 0.2) is 0 Å². The van der Waals surface area contributed by atoms with Crippen LogP contribution in [-0.2, 0) is 7.05 Å². The smallest absolute Gasteiger partial charge is 0.269 e. The summed E-state index contributed by atoms with van der Waals surface area (Å²) in [6.45, 7) is 0. The van der Waals surface area contributed by atoms with Crippen LogP contribution in [0.4, 0.5) is 11.6 Å². The summed E-state index contributed by atoms with van der Waals surface area (Å²) in [6.07, 6.45) is 3.30. The van der Waals surface area contributed by atoms with Crippen LogP contribution >= 0.6 is 0 Å². The second-order valence-electron chi connectivity index (χ2n) is 8.33. The molecule has 5 rings (SSSR count). The first-order valence-electron chi connectivity index (χ1n) is 11.8. The molecule has 0 aliphatic carbocycles. The highest BCUT2D eigenvalue weighted by Gasteiger charge is 2.14. The Labute approximate surface area is 219 Å². The molecule has 0 aliphatic rings. The van der Waals surface area contributed by atoms with Crippen LogP contribution in [0.15, 0.2) is 73.1 Å². The van der Waals surface area contributed by atoms with Crippen molar-refractivity contribution in [2.75, 3.05) is 26.6 Å². The van der Waals surface area contributed by atoms with Gasteiger partial charge in [-0.15, -0.1) is 0 Å². The minimum absolute atomic E-state index is 0.275. The lowest BCUT2D eigenvalue weighted by Gasteiger charge is -2.13. The van der Waals surface area contributed by atoms with Crippen LogP contribution in [-0.4, -0.2) is 46.7 Å². The van der Waals surface area contributed by atoms with Gasteiger partial charge in [0.05, 0.1) is 30.9 Å². The maximum Gasteiger partial charge on any atom is 0.269 e. The lowest BCUT2D eigenvalue weighted by molar-refractivity contribution is 0.0958. The molecule has 5 aromatic rings. The number of amides is 1. The first kappa shape index (κ1) is 24.6. The average Bonchev–Trinajstić information content (AvgIpc) is 3.26. The maximum absolute atomic E-state index is 11.9. The summed E-state index contributed by atoms with van der Waals surface area (Å²) in [5, 5.41) is 5.95. The third-order valence-corrected chi connectivity index (χ3v) is 6.00. The van der Waals surface area contributed by atoms with E-state index >= 15 is 0 Å². The fourth-order valence-electron chi connectivity index (χ4n) is 4.00. The largest absolute Gasteiger partial charge is 0.495 e. The van der Waals surface area contributed by atoms with Gasteiger partial charge >= 0.3 is 0 Å². The average molecular weight is 511 g/mol. The van der Waals surface area contributed by atoms with Crippen molar-refractivity contribution in [2.24, 2.45) is 7.05 Å². The van der Waals surface area contributed by atoms with Gasteiger partial charge < -0.3 is 29.4 Å². The summed E-state index contributed by atoms with van der Waals surface area (Å²) in [5.41, 5.74) is 4.59. The highest BCUT2D eigenvalue weighted by Crippen LogP contribution is 2.34. The van der Waals surface area contributed by atoms with Gasteiger partial charge in [0, 0.05) is 50.3 Å². The molecular weight excluding hydrogens is 484 g/mol. The quantitative estimate of drug-likeness (QED) is 0.302. The van der Waals surface area contributed by atoms with Crippen molar-refractivity contribution in [1.82, 2.24) is 24.8 Å². The van der Waals surface area contributed by atoms with Gasteiger partial charge in [-0.2, -0.15) is 0 Å². The molecule has 1 amide bonds. The molecule has 0 fully saturated rings. The molecule has 2 aromatic carbocycles. The Morgan fingerprint density at radius 2 is 1.71 bits per heavy atom. The molecule has 0 unspecified atom stereocenters. The number of carbonyl (C=O) groups excluding carboxylic acids is 1. The number of imidazole rings is 1. The molecule has 10 heteroatoms. The summed E-state index contributed by atoms with van der Waals surface area (Å²) in [6, 6.07) is 18.6. The van der Waals surface area contributed by atoms with Crippen molar-refractivity contribution >= 4 is 28.6 Å². The molecule has 3 aromatic heterocycles. The van der Waals surface area contributed by atoms with Crippen molar-refractivity contribution in [3.8, 4) is 34.3 Å². The second-order valence-corrected chi connectivity index (χ2v) is 8.33. The van der Waals surface area contributed by atoms with Gasteiger partial charge in [-0.3, -0.25) is 9.78 Å². The summed E-state index contributed by atoms with van der Waals surface area (Å²) >= 11 is 0. The zero-order valence-corrected chi connectivity index (χ0v) is 21.4. The predicted octanol–water partition coefficient (Wildman–Crippen LogP) is 4.94. The minimum Gasteiger partial charge on any atom is -0.495 e. The third-order valence-electron chi connectivity index (χ3n) is 6.00. The number of aryl methyl sites for hydroxylation is 1. The number of nitrogens with zero attached hydrogens (tertiary/aromatic N) is 4. The van der Waals surface area contributed by atoms with Crippen LogP contribution < -0.4 is 24.8 Å². The number of anilines is 2. The molecule has 0 atom stereocenters. The van der Waals surface area contributed by atoms with Gasteiger partial charge in [-0.25, -0.2) is 9.97 Å². The molecule has 0 saturated carbocycles. The Morgan fingerprint density at radius 1 is 0.895 bits per heavy atom. The number of pyridine rings is 2. The Balaban J connectivity index is 1.43. The minimum atomic E-state index is -0.283. The zero-order valence-electron chi connectivity index (χ0n) is 21.4. The van der Waals surface area contributed by atoms with Gasteiger partial charge in [-0.1, -0.05) is 6.07 Å². The van der Waals surface area contributed by atoms with Crippen LogP contribution in [0, 0.1) is 0 Å². The maximum atomic E-state index is 11.9. The number of rotatable bonds is 8. The Morgan fingerprint density at radius 3 is 2.45 bits per heavy atom. The number of ether oxygens (including phenoxy) is 3. The predicted molar refractivity (Wildman–Crippen MR) is 144 cm³/mol. The molecule has 0 spiro atoms. The van der Waals surface area contributed by atoms with Gasteiger partial charge in [0.25, 0.3) is 5.91 Å². The van der Waals surface area contributed by atoms with Crippen LogP contribution in [0.2, 0.25) is 0 Å². The molecule has 0 aliphatic heterocycles. The molecule has 0 saturated heterocycles. The van der Waals surface area contributed by atoms with E-state index in [1.165, 1.54) is 6.20 Å². The monoisotopic (exact) mass is 510 g/mol. The van der Waals surface area contributed by atoms with Crippen molar-refractivity contribution < 1.29 is 19.0 Å². The number of aromatic nitrogens is 4. The number of hydrogen-bond donors (Lipinski definition) is 2. The van der Waals surface area contributed by atoms with Gasteiger partial charge in [0.1, 0.15) is 22.9 Å². The van der Waals surface area contributed by atoms with E-state index in [9.17, 15) is 4.79 Å². The normalized spacial score (nSPS) is 10.7. The van der Waals surface area contributed by atoms with Crippen LogP contribution in [0.3, 0.4) is 0 Å². The Bertz CT molecular complexity index is 1610. The van der Waals surface area contributed by atoms with E-state index < -0.39 is 0 Å². The van der Waals surface area contributed by atoms with E-state index in [0.717, 1.165) is 27.8 Å². The summed E-state index contributed by atoms with van der Waals surface area (Å²) in [7, 11) is 6.70. The van der Waals surface area contributed by atoms with Gasteiger partial charge in [0.2, 0.25) is 11.8 Å². The zero-order chi connectivity index (χ0) is 26.6. The van der Waals surface area contributed by atoms with Gasteiger partial charge in [-0.05, 0) is 42.0 Å². The fraction of sp³-hybridized carbons (Fsp3) is 0.143. The topological polar surface area (TPSA) is 112 Å². The molecule has 2 N–H and O–H groups in total. The molecule has 0 radical (unpaired) electrons. The van der Waals surface area contributed by atoms with E-state index in [1.54, 1.807) is 39.6 Å². The third kappa shape index (κ3) is 4.92. The van der Waals surface area contributed by atoms with Crippen molar-refractivity contribution in [3.05, 3.63) is 78.8 Å². The van der Waals surface area contributed by atoms with Crippen LogP contribution in [0.1, 0.15) is 10.5 Å². The standard InChI is InChI=1S/C28H26N6O4/c1-29-27(35)23-15-20(11-12-30-23)38-19-7-8-24-21(14-19)32-28(34(24)2)33-22-13-17(5-9-25(22)36-3)18-6-10-26(37-4)31-16-18/h5-16H,1-4H3,(H,29,35)(H,32,33). The van der Waals surface area contributed by atoms with Crippen LogP contribution in [0.25, 0.3) is 22.2 Å². The van der Waals surface area contributed by atoms with E-state index in [1.807, 2.05) is 60.1 Å². The fourth-order valence-corrected chi connectivity index (χ4v) is 4.00. The molecular formula is C28H26N6O4. The highest BCUT2D eigenvalue weighted by molar-refractivity contribution is 5.92.